The third kappa shape index (κ3) is 5.49. The van der Waals surface area contributed by atoms with Crippen molar-refractivity contribution in [1.29, 1.82) is 0 Å². The van der Waals surface area contributed by atoms with Crippen molar-refractivity contribution in [2.45, 2.75) is 18.9 Å². The third-order valence-corrected chi connectivity index (χ3v) is 7.20. The van der Waals surface area contributed by atoms with Gasteiger partial charge in [-0.05, 0) is 71.8 Å². The lowest BCUT2D eigenvalue weighted by molar-refractivity contribution is -0.134. The molecule has 5 nitrogen and oxygen atoms in total. The van der Waals surface area contributed by atoms with Crippen LogP contribution in [0.3, 0.4) is 0 Å². The topological polar surface area (TPSA) is 49.9 Å². The molecule has 34 heavy (non-hydrogen) atoms. The zero-order valence-electron chi connectivity index (χ0n) is 18.9. The normalized spacial score (nSPS) is 15.1. The highest BCUT2D eigenvalue weighted by atomic mass is 35.5. The summed E-state index contributed by atoms with van der Waals surface area (Å²) >= 11 is 7.65. The van der Waals surface area contributed by atoms with Gasteiger partial charge in [0.1, 0.15) is 12.4 Å². The van der Waals surface area contributed by atoms with Gasteiger partial charge in [-0.2, -0.15) is 0 Å². The molecule has 1 aliphatic rings. The number of halogens is 2. The number of carbonyl (C=O) groups excluding carboxylic acids is 2. The molecule has 2 aromatic carbocycles. The van der Waals surface area contributed by atoms with Gasteiger partial charge in [-0.25, -0.2) is 4.39 Å². The molecule has 2 heterocycles. The molecule has 1 unspecified atom stereocenters. The highest BCUT2D eigenvalue weighted by Crippen LogP contribution is 2.38. The van der Waals surface area contributed by atoms with Gasteiger partial charge in [0.15, 0.2) is 0 Å². The van der Waals surface area contributed by atoms with E-state index in [-0.39, 0.29) is 30.2 Å². The summed E-state index contributed by atoms with van der Waals surface area (Å²) in [5, 5.41) is 2.57. The van der Waals surface area contributed by atoms with E-state index in [2.05, 4.69) is 0 Å². The molecule has 0 radical (unpaired) electrons. The summed E-state index contributed by atoms with van der Waals surface area (Å²) in [5.74, 6) is -0.695. The molecule has 0 saturated carbocycles. The Balaban J connectivity index is 1.59. The summed E-state index contributed by atoms with van der Waals surface area (Å²) in [6.07, 6.45) is 1.37. The van der Waals surface area contributed by atoms with E-state index in [1.807, 2.05) is 11.4 Å². The first-order valence-electron chi connectivity index (χ1n) is 11.1. The van der Waals surface area contributed by atoms with Gasteiger partial charge < -0.3 is 14.5 Å². The lowest BCUT2D eigenvalue weighted by atomic mass is 9.93. The van der Waals surface area contributed by atoms with Crippen LogP contribution in [0.1, 0.15) is 38.8 Å². The van der Waals surface area contributed by atoms with Crippen LogP contribution in [0, 0.1) is 5.82 Å². The Labute approximate surface area is 207 Å². The first kappa shape index (κ1) is 24.4. The molecule has 8 heteroatoms. The molecule has 1 aromatic heterocycles. The van der Waals surface area contributed by atoms with Crippen molar-refractivity contribution in [1.82, 2.24) is 9.80 Å². The van der Waals surface area contributed by atoms with Crippen LogP contribution in [-0.4, -0.2) is 55.0 Å². The first-order chi connectivity index (χ1) is 16.5. The number of nitrogens with zero attached hydrogens (tertiary/aromatic N) is 2. The van der Waals surface area contributed by atoms with Crippen LogP contribution in [0.2, 0.25) is 5.02 Å². The molecule has 0 aliphatic carbocycles. The molecule has 0 N–H and O–H groups in total. The van der Waals surface area contributed by atoms with Gasteiger partial charge in [-0.3, -0.25) is 9.59 Å². The number of thiophene rings is 1. The summed E-state index contributed by atoms with van der Waals surface area (Å²) in [6, 6.07) is 14.7. The number of amides is 2. The van der Waals surface area contributed by atoms with Crippen LogP contribution in [0.4, 0.5) is 4.39 Å². The monoisotopic (exact) mass is 500 g/mol. The molecule has 0 saturated heterocycles. The second-order valence-electron chi connectivity index (χ2n) is 8.17. The third-order valence-electron chi connectivity index (χ3n) is 5.95. The molecule has 0 fully saturated rings. The first-order valence-corrected chi connectivity index (χ1v) is 12.4. The Kier molecular flexibility index (Phi) is 7.98. The Morgan fingerprint density at radius 2 is 1.88 bits per heavy atom. The van der Waals surface area contributed by atoms with Crippen molar-refractivity contribution in [3.05, 3.63) is 92.4 Å². The van der Waals surface area contributed by atoms with Gasteiger partial charge in [-0.1, -0.05) is 23.7 Å². The van der Waals surface area contributed by atoms with Gasteiger partial charge in [0, 0.05) is 42.3 Å². The minimum Gasteiger partial charge on any atom is -0.385 e. The Morgan fingerprint density at radius 1 is 1.15 bits per heavy atom. The van der Waals surface area contributed by atoms with Crippen molar-refractivity contribution in [3.63, 3.8) is 0 Å². The average Bonchev–Trinajstić information content (AvgIpc) is 3.32. The van der Waals surface area contributed by atoms with E-state index < -0.39 is 0 Å². The molecular weight excluding hydrogens is 475 g/mol. The zero-order valence-corrected chi connectivity index (χ0v) is 20.4. The molecular formula is C26H26ClFN2O3S. The van der Waals surface area contributed by atoms with Crippen LogP contribution in [0.15, 0.2) is 60.0 Å². The van der Waals surface area contributed by atoms with Gasteiger partial charge in [0.25, 0.3) is 5.91 Å². The maximum atomic E-state index is 13.6. The number of rotatable bonds is 8. The number of fused-ring (bicyclic) bond motifs is 1. The fourth-order valence-corrected chi connectivity index (χ4v) is 5.30. The van der Waals surface area contributed by atoms with Crippen molar-refractivity contribution in [2.24, 2.45) is 0 Å². The number of benzene rings is 2. The largest absolute Gasteiger partial charge is 0.385 e. The fourth-order valence-electron chi connectivity index (χ4n) is 4.27. The van der Waals surface area contributed by atoms with Crippen molar-refractivity contribution < 1.29 is 18.7 Å². The maximum absolute atomic E-state index is 13.6. The summed E-state index contributed by atoms with van der Waals surface area (Å²) in [6.45, 7) is 1.36. The second kappa shape index (κ2) is 11.1. The van der Waals surface area contributed by atoms with E-state index in [0.717, 1.165) is 17.5 Å². The second-order valence-corrected chi connectivity index (χ2v) is 9.61. The number of hydrogen-bond donors (Lipinski definition) is 0. The SMILES string of the molecule is COCCCN(CC(=O)N1CCc2sccc2C1c1ccc(F)cc1)C(=O)c1ccc(Cl)cc1. The van der Waals surface area contributed by atoms with Gasteiger partial charge in [0.05, 0.1) is 6.04 Å². The lowest BCUT2D eigenvalue weighted by Crippen LogP contribution is -2.47. The van der Waals surface area contributed by atoms with E-state index >= 15 is 0 Å². The number of ether oxygens (including phenoxy) is 1. The number of carbonyl (C=O) groups is 2. The fraction of sp³-hybridized carbons (Fsp3) is 0.308. The summed E-state index contributed by atoms with van der Waals surface area (Å²) in [7, 11) is 1.61. The predicted octanol–water partition coefficient (Wildman–Crippen LogP) is 5.19. The average molecular weight is 501 g/mol. The van der Waals surface area contributed by atoms with E-state index in [1.165, 1.54) is 17.0 Å². The number of hydrogen-bond acceptors (Lipinski definition) is 4. The molecule has 1 atom stereocenters. The zero-order chi connectivity index (χ0) is 24.1. The standard InChI is InChI=1S/C26H26ClFN2O3S/c1-33-15-2-13-29(26(32)19-3-7-20(27)8-4-19)17-24(31)30-14-11-23-22(12-16-34-23)25(30)18-5-9-21(28)10-6-18/h3-10,12,16,25H,2,11,13-15,17H2,1H3. The van der Waals surface area contributed by atoms with E-state index in [4.69, 9.17) is 16.3 Å². The molecule has 178 valence electrons. The van der Waals surface area contributed by atoms with Crippen LogP contribution >= 0.6 is 22.9 Å². The smallest absolute Gasteiger partial charge is 0.254 e. The van der Waals surface area contributed by atoms with Gasteiger partial charge in [0.2, 0.25) is 5.91 Å². The minimum atomic E-state index is -0.319. The Morgan fingerprint density at radius 3 is 2.59 bits per heavy atom. The highest BCUT2D eigenvalue weighted by Gasteiger charge is 2.34. The Bertz CT molecular complexity index is 1130. The number of methoxy groups -OCH3 is 1. The molecule has 0 bridgehead atoms. The summed E-state index contributed by atoms with van der Waals surface area (Å²) in [5.41, 5.74) is 2.39. The van der Waals surface area contributed by atoms with Crippen molar-refractivity contribution in [3.8, 4) is 0 Å². The maximum Gasteiger partial charge on any atom is 0.254 e. The predicted molar refractivity (Wildman–Crippen MR) is 132 cm³/mol. The molecule has 1 aliphatic heterocycles. The van der Waals surface area contributed by atoms with Crippen molar-refractivity contribution in [2.75, 3.05) is 33.4 Å². The van der Waals surface area contributed by atoms with Crippen LogP contribution in [0.25, 0.3) is 0 Å². The molecule has 4 rings (SSSR count). The lowest BCUT2D eigenvalue weighted by Gasteiger charge is -2.37. The van der Waals surface area contributed by atoms with E-state index in [0.29, 0.717) is 36.7 Å². The quantitative estimate of drug-likeness (QED) is 0.400. The van der Waals surface area contributed by atoms with Gasteiger partial charge in [-0.15, -0.1) is 11.3 Å². The molecule has 0 spiro atoms. The Hall–Kier alpha value is -2.74. The van der Waals surface area contributed by atoms with E-state index in [1.54, 1.807) is 64.6 Å². The molecule has 3 aromatic rings. The van der Waals surface area contributed by atoms with Crippen molar-refractivity contribution >= 4 is 34.8 Å². The van der Waals surface area contributed by atoms with Crippen LogP contribution in [-0.2, 0) is 16.0 Å². The molecule has 2 amide bonds. The van der Waals surface area contributed by atoms with Crippen LogP contribution < -0.4 is 0 Å². The van der Waals surface area contributed by atoms with E-state index in [9.17, 15) is 14.0 Å². The summed E-state index contributed by atoms with van der Waals surface area (Å²) in [4.78, 5) is 31.5. The summed E-state index contributed by atoms with van der Waals surface area (Å²) < 4.78 is 18.7. The highest BCUT2D eigenvalue weighted by molar-refractivity contribution is 7.10. The van der Waals surface area contributed by atoms with Crippen LogP contribution in [0.5, 0.6) is 0 Å². The van der Waals surface area contributed by atoms with Gasteiger partial charge >= 0.3 is 0 Å². The minimum absolute atomic E-state index is 0.0532.